The fraction of sp³-hybridized carbons (Fsp3) is 0.500. The van der Waals surface area contributed by atoms with E-state index in [2.05, 4.69) is 18.3 Å². The number of para-hydroxylation sites is 1. The highest BCUT2D eigenvalue weighted by Crippen LogP contribution is 2.27. The van der Waals surface area contributed by atoms with Crippen molar-refractivity contribution in [1.82, 2.24) is 5.32 Å². The van der Waals surface area contributed by atoms with E-state index in [1.165, 1.54) is 6.42 Å². The molecule has 2 rings (SSSR count). The molecule has 1 aromatic rings. The van der Waals surface area contributed by atoms with Crippen LogP contribution in [-0.4, -0.2) is 18.1 Å². The van der Waals surface area contributed by atoms with Crippen LogP contribution in [0.1, 0.15) is 44.6 Å². The lowest BCUT2D eigenvalue weighted by molar-refractivity contribution is -0.125. The molecule has 0 aromatic heterocycles. The second-order valence-electron chi connectivity index (χ2n) is 5.57. The molecular formula is C16H20N2O2. The van der Waals surface area contributed by atoms with Gasteiger partial charge >= 0.3 is 0 Å². The van der Waals surface area contributed by atoms with Crippen LogP contribution in [0, 0.1) is 11.3 Å². The third-order valence-electron chi connectivity index (χ3n) is 3.76. The van der Waals surface area contributed by atoms with Gasteiger partial charge in [-0.1, -0.05) is 31.4 Å². The maximum absolute atomic E-state index is 12.0. The number of hydrogen-bond donors (Lipinski definition) is 1. The number of nitriles is 1. The lowest BCUT2D eigenvalue weighted by atomic mass is 9.83. The monoisotopic (exact) mass is 272 g/mol. The van der Waals surface area contributed by atoms with Crippen molar-refractivity contribution in [3.8, 4) is 11.8 Å². The number of ether oxygens (including phenoxy) is 1. The number of hydrogen-bond acceptors (Lipinski definition) is 3. The summed E-state index contributed by atoms with van der Waals surface area (Å²) >= 11 is 0. The second-order valence-corrected chi connectivity index (χ2v) is 5.57. The molecule has 106 valence electrons. The molecule has 1 aliphatic carbocycles. The minimum Gasteiger partial charge on any atom is -0.482 e. The van der Waals surface area contributed by atoms with E-state index in [0.29, 0.717) is 11.3 Å². The Hall–Kier alpha value is -2.02. The quantitative estimate of drug-likeness (QED) is 0.916. The number of benzene rings is 1. The highest BCUT2D eigenvalue weighted by atomic mass is 16.5. The van der Waals surface area contributed by atoms with Crippen LogP contribution in [0.2, 0.25) is 0 Å². The van der Waals surface area contributed by atoms with Crippen molar-refractivity contribution in [1.29, 1.82) is 5.26 Å². The van der Waals surface area contributed by atoms with Crippen LogP contribution in [0.4, 0.5) is 0 Å². The minimum atomic E-state index is -0.123. The van der Waals surface area contributed by atoms with Crippen molar-refractivity contribution >= 4 is 5.91 Å². The van der Waals surface area contributed by atoms with Crippen molar-refractivity contribution in [3.63, 3.8) is 0 Å². The van der Waals surface area contributed by atoms with Gasteiger partial charge in [-0.25, -0.2) is 0 Å². The van der Waals surface area contributed by atoms with Gasteiger partial charge in [0, 0.05) is 5.54 Å². The molecule has 4 nitrogen and oxygen atoms in total. The maximum atomic E-state index is 12.0. The zero-order chi connectivity index (χ0) is 14.4. The fourth-order valence-corrected chi connectivity index (χ4v) is 2.66. The molecule has 0 radical (unpaired) electrons. The zero-order valence-corrected chi connectivity index (χ0v) is 11.8. The van der Waals surface area contributed by atoms with E-state index in [-0.39, 0.29) is 18.1 Å². The van der Waals surface area contributed by atoms with Gasteiger partial charge in [-0.05, 0) is 31.9 Å². The Labute approximate surface area is 119 Å². The summed E-state index contributed by atoms with van der Waals surface area (Å²) in [6.45, 7) is 2.04. The van der Waals surface area contributed by atoms with Crippen LogP contribution >= 0.6 is 0 Å². The highest BCUT2D eigenvalue weighted by Gasteiger charge is 2.28. The molecule has 1 aromatic carbocycles. The molecule has 0 spiro atoms. The van der Waals surface area contributed by atoms with Gasteiger partial charge in [-0.15, -0.1) is 0 Å². The van der Waals surface area contributed by atoms with Crippen molar-refractivity contribution < 1.29 is 9.53 Å². The average molecular weight is 272 g/mol. The Morgan fingerprint density at radius 2 is 2.05 bits per heavy atom. The summed E-state index contributed by atoms with van der Waals surface area (Å²) in [7, 11) is 0. The molecule has 1 fully saturated rings. The summed E-state index contributed by atoms with van der Waals surface area (Å²) in [6, 6.07) is 8.99. The first-order chi connectivity index (χ1) is 9.63. The molecular weight excluding hydrogens is 252 g/mol. The van der Waals surface area contributed by atoms with Crippen LogP contribution in [0.5, 0.6) is 5.75 Å². The number of rotatable bonds is 4. The van der Waals surface area contributed by atoms with Gasteiger partial charge in [0.25, 0.3) is 5.91 Å². The second kappa shape index (κ2) is 6.42. The summed E-state index contributed by atoms with van der Waals surface area (Å²) in [5.74, 6) is 0.334. The molecule has 0 atom stereocenters. The van der Waals surface area contributed by atoms with Gasteiger partial charge in [0.1, 0.15) is 11.8 Å². The van der Waals surface area contributed by atoms with E-state index < -0.39 is 0 Å². The lowest BCUT2D eigenvalue weighted by Gasteiger charge is -2.34. The van der Waals surface area contributed by atoms with Crippen LogP contribution in [0.25, 0.3) is 0 Å². The van der Waals surface area contributed by atoms with E-state index >= 15 is 0 Å². The van der Waals surface area contributed by atoms with E-state index in [4.69, 9.17) is 10.00 Å². The number of nitrogens with zero attached hydrogens (tertiary/aromatic N) is 1. The molecule has 1 saturated carbocycles. The summed E-state index contributed by atoms with van der Waals surface area (Å²) in [5, 5.41) is 12.0. The van der Waals surface area contributed by atoms with E-state index in [1.807, 2.05) is 0 Å². The smallest absolute Gasteiger partial charge is 0.258 e. The van der Waals surface area contributed by atoms with E-state index in [0.717, 1.165) is 25.7 Å². The summed E-state index contributed by atoms with van der Waals surface area (Å²) in [6.07, 6.45) is 5.61. The van der Waals surface area contributed by atoms with Crippen molar-refractivity contribution in [2.45, 2.75) is 44.6 Å². The molecule has 0 bridgehead atoms. The van der Waals surface area contributed by atoms with Gasteiger partial charge in [0.15, 0.2) is 6.61 Å². The number of nitrogens with one attached hydrogen (secondary N) is 1. The predicted molar refractivity (Wildman–Crippen MR) is 76.3 cm³/mol. The Morgan fingerprint density at radius 1 is 1.35 bits per heavy atom. The third-order valence-corrected chi connectivity index (χ3v) is 3.76. The first kappa shape index (κ1) is 14.4. The summed E-state index contributed by atoms with van der Waals surface area (Å²) < 4.78 is 5.44. The Balaban J connectivity index is 1.87. The molecule has 0 saturated heterocycles. The topological polar surface area (TPSA) is 62.1 Å². The van der Waals surface area contributed by atoms with E-state index in [1.54, 1.807) is 24.3 Å². The van der Waals surface area contributed by atoms with Crippen LogP contribution in [0.3, 0.4) is 0 Å². The summed E-state index contributed by atoms with van der Waals surface area (Å²) in [4.78, 5) is 12.0. The third kappa shape index (κ3) is 3.74. The fourth-order valence-electron chi connectivity index (χ4n) is 2.66. The van der Waals surface area contributed by atoms with Gasteiger partial charge in [-0.2, -0.15) is 5.26 Å². The average Bonchev–Trinajstić information content (AvgIpc) is 2.45. The Kier molecular flexibility index (Phi) is 4.62. The van der Waals surface area contributed by atoms with E-state index in [9.17, 15) is 4.79 Å². The SMILES string of the molecule is CC1(NC(=O)COc2ccccc2C#N)CCCCC1. The maximum Gasteiger partial charge on any atom is 0.258 e. The molecule has 0 aliphatic heterocycles. The minimum absolute atomic E-state index is 0.0473. The summed E-state index contributed by atoms with van der Waals surface area (Å²) in [5.41, 5.74) is 0.345. The predicted octanol–water partition coefficient (Wildman–Crippen LogP) is 2.78. The van der Waals surface area contributed by atoms with Crippen molar-refractivity contribution in [3.05, 3.63) is 29.8 Å². The standard InChI is InChI=1S/C16H20N2O2/c1-16(9-5-2-6-10-16)18-15(19)12-20-14-8-4-3-7-13(14)11-17/h3-4,7-8H,2,5-6,9-10,12H2,1H3,(H,18,19). The highest BCUT2D eigenvalue weighted by molar-refractivity contribution is 5.78. The number of carbonyl (C=O) groups is 1. The first-order valence-electron chi connectivity index (χ1n) is 7.06. The lowest BCUT2D eigenvalue weighted by Crippen LogP contribution is -2.48. The molecule has 20 heavy (non-hydrogen) atoms. The van der Waals surface area contributed by atoms with Gasteiger partial charge in [0.2, 0.25) is 0 Å². The normalized spacial score (nSPS) is 17.0. The Morgan fingerprint density at radius 3 is 2.75 bits per heavy atom. The largest absolute Gasteiger partial charge is 0.482 e. The van der Waals surface area contributed by atoms with Gasteiger partial charge in [-0.3, -0.25) is 4.79 Å². The van der Waals surface area contributed by atoms with Crippen LogP contribution in [0.15, 0.2) is 24.3 Å². The number of amides is 1. The molecule has 0 unspecified atom stereocenters. The Bertz CT molecular complexity index is 513. The van der Waals surface area contributed by atoms with Gasteiger partial charge < -0.3 is 10.1 Å². The molecule has 1 amide bonds. The van der Waals surface area contributed by atoms with Crippen LogP contribution in [-0.2, 0) is 4.79 Å². The first-order valence-corrected chi connectivity index (χ1v) is 7.06. The van der Waals surface area contributed by atoms with Crippen molar-refractivity contribution in [2.24, 2.45) is 0 Å². The molecule has 1 aliphatic rings. The molecule has 4 heteroatoms. The molecule has 0 heterocycles. The number of carbonyl (C=O) groups excluding carboxylic acids is 1. The van der Waals surface area contributed by atoms with Crippen LogP contribution < -0.4 is 10.1 Å². The van der Waals surface area contributed by atoms with Crippen molar-refractivity contribution in [2.75, 3.05) is 6.61 Å². The molecule has 1 N–H and O–H groups in total. The van der Waals surface area contributed by atoms with Gasteiger partial charge in [0.05, 0.1) is 5.56 Å². The zero-order valence-electron chi connectivity index (χ0n) is 11.8.